The second-order valence-corrected chi connectivity index (χ2v) is 4.44. The van der Waals surface area contributed by atoms with E-state index in [9.17, 15) is 9.59 Å². The van der Waals surface area contributed by atoms with Crippen molar-refractivity contribution >= 4 is 11.6 Å². The van der Waals surface area contributed by atoms with Gasteiger partial charge in [-0.3, -0.25) is 9.59 Å². The van der Waals surface area contributed by atoms with E-state index in [-0.39, 0.29) is 23.6 Å². The largest absolute Gasteiger partial charge is 0.384 e. The fraction of sp³-hybridized carbons (Fsp3) is 0.125. The molecule has 106 valence electrons. The van der Waals surface area contributed by atoms with Gasteiger partial charge in [-0.15, -0.1) is 0 Å². The van der Waals surface area contributed by atoms with Crippen molar-refractivity contribution in [3.05, 3.63) is 63.6 Å². The van der Waals surface area contributed by atoms with Gasteiger partial charge >= 0.3 is 0 Å². The van der Waals surface area contributed by atoms with E-state index in [0.29, 0.717) is 11.3 Å². The number of amides is 1. The molecular formula is C16H14N2O3. The maximum atomic E-state index is 12.1. The number of aromatic amines is 1. The Labute approximate surface area is 121 Å². The van der Waals surface area contributed by atoms with E-state index in [1.165, 1.54) is 18.3 Å². The third-order valence-corrected chi connectivity index (χ3v) is 2.68. The van der Waals surface area contributed by atoms with Crippen LogP contribution < -0.4 is 10.9 Å². The molecule has 1 aromatic carbocycles. The lowest BCUT2D eigenvalue weighted by atomic mass is 10.1. The van der Waals surface area contributed by atoms with E-state index >= 15 is 0 Å². The van der Waals surface area contributed by atoms with E-state index in [0.717, 1.165) is 5.56 Å². The molecule has 2 aromatic rings. The van der Waals surface area contributed by atoms with Crippen molar-refractivity contribution in [3.63, 3.8) is 0 Å². The van der Waals surface area contributed by atoms with E-state index in [4.69, 9.17) is 5.11 Å². The number of aryl methyl sites for hydroxylation is 1. The van der Waals surface area contributed by atoms with E-state index in [1.807, 2.05) is 13.0 Å². The van der Waals surface area contributed by atoms with Crippen molar-refractivity contribution in [1.29, 1.82) is 0 Å². The molecule has 0 radical (unpaired) electrons. The first-order valence-electron chi connectivity index (χ1n) is 6.30. The molecule has 0 aliphatic carbocycles. The number of hydrogen-bond donors (Lipinski definition) is 3. The van der Waals surface area contributed by atoms with Crippen LogP contribution in [0, 0.1) is 18.8 Å². The smallest absolute Gasteiger partial charge is 0.255 e. The number of carbonyl (C=O) groups excluding carboxylic acids is 1. The summed E-state index contributed by atoms with van der Waals surface area (Å²) < 4.78 is 0. The molecular weight excluding hydrogens is 268 g/mol. The quantitative estimate of drug-likeness (QED) is 0.726. The zero-order valence-electron chi connectivity index (χ0n) is 11.4. The van der Waals surface area contributed by atoms with Gasteiger partial charge in [-0.05, 0) is 36.8 Å². The molecule has 2 rings (SSSR count). The number of anilines is 1. The second kappa shape index (κ2) is 6.55. The topological polar surface area (TPSA) is 82.2 Å². The average molecular weight is 282 g/mol. The summed E-state index contributed by atoms with van der Waals surface area (Å²) in [6, 6.07) is 8.12. The normalized spacial score (nSPS) is 9.62. The molecule has 0 aliphatic rings. The number of hydrogen-bond acceptors (Lipinski definition) is 3. The number of benzene rings is 1. The van der Waals surface area contributed by atoms with Crippen molar-refractivity contribution in [2.24, 2.45) is 0 Å². The van der Waals surface area contributed by atoms with E-state index in [2.05, 4.69) is 22.1 Å². The van der Waals surface area contributed by atoms with Crippen LogP contribution in [-0.4, -0.2) is 22.6 Å². The van der Waals surface area contributed by atoms with Gasteiger partial charge in [-0.2, -0.15) is 0 Å². The molecule has 21 heavy (non-hydrogen) atoms. The van der Waals surface area contributed by atoms with Gasteiger partial charge in [0.05, 0.1) is 0 Å². The van der Waals surface area contributed by atoms with Gasteiger partial charge in [0, 0.05) is 29.1 Å². The van der Waals surface area contributed by atoms with Crippen molar-refractivity contribution in [3.8, 4) is 11.8 Å². The molecule has 0 atom stereocenters. The molecule has 1 amide bonds. The lowest BCUT2D eigenvalue weighted by Crippen LogP contribution is -2.15. The first-order valence-corrected chi connectivity index (χ1v) is 6.30. The zero-order chi connectivity index (χ0) is 15.2. The number of nitrogens with one attached hydrogen (secondary N) is 2. The van der Waals surface area contributed by atoms with Crippen LogP contribution in [0.4, 0.5) is 5.69 Å². The number of carbonyl (C=O) groups is 1. The summed E-state index contributed by atoms with van der Waals surface area (Å²) in [6.45, 7) is 1.66. The van der Waals surface area contributed by atoms with E-state index < -0.39 is 0 Å². The third-order valence-electron chi connectivity index (χ3n) is 2.68. The van der Waals surface area contributed by atoms with Crippen LogP contribution in [0.2, 0.25) is 0 Å². The first-order chi connectivity index (χ1) is 10.1. The standard InChI is InChI=1S/C16H14N2O3/c1-11-7-12(3-2-6-19)9-14(8-11)18-16(21)13-4-5-17-15(20)10-13/h4-5,7-10,19H,6H2,1H3,(H,17,20)(H,18,21). The fourth-order valence-electron chi connectivity index (χ4n) is 1.86. The summed E-state index contributed by atoms with van der Waals surface area (Å²) in [5.74, 6) is 4.98. The SMILES string of the molecule is Cc1cc(C#CCO)cc(NC(=O)c2cc[nH]c(=O)c2)c1. The van der Waals surface area contributed by atoms with Crippen molar-refractivity contribution in [2.45, 2.75) is 6.92 Å². The highest BCUT2D eigenvalue weighted by Gasteiger charge is 2.07. The molecule has 5 nitrogen and oxygen atoms in total. The molecule has 0 aliphatic heterocycles. The van der Waals surface area contributed by atoms with Crippen LogP contribution in [0.5, 0.6) is 0 Å². The predicted octanol–water partition coefficient (Wildman–Crippen LogP) is 1.28. The zero-order valence-corrected chi connectivity index (χ0v) is 11.4. The summed E-state index contributed by atoms with van der Waals surface area (Å²) in [5, 5.41) is 11.4. The highest BCUT2D eigenvalue weighted by molar-refractivity contribution is 6.04. The van der Waals surface area contributed by atoms with Crippen LogP contribution in [0.3, 0.4) is 0 Å². The summed E-state index contributed by atoms with van der Waals surface area (Å²) in [4.78, 5) is 25.7. The maximum Gasteiger partial charge on any atom is 0.255 e. The Morgan fingerprint density at radius 2 is 2.14 bits per heavy atom. The molecule has 0 unspecified atom stereocenters. The molecule has 1 heterocycles. The number of rotatable bonds is 2. The van der Waals surface area contributed by atoms with Crippen molar-refractivity contribution in [1.82, 2.24) is 4.98 Å². The van der Waals surface area contributed by atoms with Gasteiger partial charge < -0.3 is 15.4 Å². The Bertz CT molecular complexity index is 782. The van der Waals surface area contributed by atoms with Crippen LogP contribution >= 0.6 is 0 Å². The minimum absolute atomic E-state index is 0.220. The Kier molecular flexibility index (Phi) is 4.54. The molecule has 0 bridgehead atoms. The highest BCUT2D eigenvalue weighted by Crippen LogP contribution is 2.14. The predicted molar refractivity (Wildman–Crippen MR) is 80.2 cm³/mol. The Balaban J connectivity index is 2.25. The third kappa shape index (κ3) is 4.06. The van der Waals surface area contributed by atoms with Crippen LogP contribution in [0.15, 0.2) is 41.3 Å². The molecule has 0 spiro atoms. The Hall–Kier alpha value is -2.84. The molecule has 0 fully saturated rings. The van der Waals surface area contributed by atoms with Crippen LogP contribution in [0.1, 0.15) is 21.5 Å². The van der Waals surface area contributed by atoms with Crippen LogP contribution in [-0.2, 0) is 0 Å². The summed E-state index contributed by atoms with van der Waals surface area (Å²) in [5.41, 5.74) is 2.17. The number of aliphatic hydroxyl groups excluding tert-OH is 1. The van der Waals surface area contributed by atoms with Gasteiger partial charge in [0.2, 0.25) is 5.56 Å². The summed E-state index contributed by atoms with van der Waals surface area (Å²) >= 11 is 0. The number of H-pyrrole nitrogens is 1. The average Bonchev–Trinajstić information content (AvgIpc) is 2.44. The molecule has 0 saturated carbocycles. The minimum atomic E-state index is -0.368. The second-order valence-electron chi connectivity index (χ2n) is 4.44. The maximum absolute atomic E-state index is 12.1. The molecule has 3 N–H and O–H groups in total. The van der Waals surface area contributed by atoms with Gasteiger partial charge in [0.15, 0.2) is 0 Å². The van der Waals surface area contributed by atoms with Gasteiger partial charge in [-0.1, -0.05) is 11.8 Å². The molecule has 5 heteroatoms. The molecule has 1 aromatic heterocycles. The van der Waals surface area contributed by atoms with E-state index in [1.54, 1.807) is 12.1 Å². The van der Waals surface area contributed by atoms with Gasteiger partial charge in [0.1, 0.15) is 6.61 Å². The van der Waals surface area contributed by atoms with Crippen molar-refractivity contribution < 1.29 is 9.90 Å². The number of pyridine rings is 1. The first kappa shape index (κ1) is 14.6. The lowest BCUT2D eigenvalue weighted by molar-refractivity contribution is 0.102. The van der Waals surface area contributed by atoms with Crippen LogP contribution in [0.25, 0.3) is 0 Å². The Morgan fingerprint density at radius 3 is 2.86 bits per heavy atom. The highest BCUT2D eigenvalue weighted by atomic mass is 16.2. The fourth-order valence-corrected chi connectivity index (χ4v) is 1.86. The summed E-state index contributed by atoms with van der Waals surface area (Å²) in [7, 11) is 0. The monoisotopic (exact) mass is 282 g/mol. The van der Waals surface area contributed by atoms with Gasteiger partial charge in [-0.25, -0.2) is 0 Å². The van der Waals surface area contributed by atoms with Gasteiger partial charge in [0.25, 0.3) is 5.91 Å². The minimum Gasteiger partial charge on any atom is -0.384 e. The number of aromatic nitrogens is 1. The molecule has 0 saturated heterocycles. The van der Waals surface area contributed by atoms with Crippen molar-refractivity contribution in [2.75, 3.05) is 11.9 Å². The Morgan fingerprint density at radius 1 is 1.33 bits per heavy atom. The summed E-state index contributed by atoms with van der Waals surface area (Å²) in [6.07, 6.45) is 1.42. The lowest BCUT2D eigenvalue weighted by Gasteiger charge is -2.07. The number of aliphatic hydroxyl groups is 1.